The molecule has 1 heterocycles. The number of carbonyl (C=O) groups excluding carboxylic acids is 2. The number of ether oxygens (including phenoxy) is 2. The maximum Gasteiger partial charge on any atom is 0.317 e. The third-order valence-electron chi connectivity index (χ3n) is 3.58. The van der Waals surface area contributed by atoms with Gasteiger partial charge in [0.25, 0.3) is 0 Å². The van der Waals surface area contributed by atoms with Crippen LogP contribution in [0.2, 0.25) is 10.0 Å². The number of urea groups is 1. The lowest BCUT2D eigenvalue weighted by Crippen LogP contribution is -2.47. The van der Waals surface area contributed by atoms with E-state index in [2.05, 4.69) is 5.32 Å². The molecule has 0 unspecified atom stereocenters. The summed E-state index contributed by atoms with van der Waals surface area (Å²) in [6, 6.07) is 5.06. The van der Waals surface area contributed by atoms with Gasteiger partial charge >= 0.3 is 12.0 Å². The monoisotopic (exact) mass is 374 g/mol. The molecular formula is C16H20Cl2N2O4. The van der Waals surface area contributed by atoms with Crippen LogP contribution in [-0.2, 0) is 14.3 Å². The number of carbonyl (C=O) groups is 2. The normalized spacial score (nSPS) is 17.5. The summed E-state index contributed by atoms with van der Waals surface area (Å²) >= 11 is 12.0. The Hall–Kier alpha value is -1.50. The topological polar surface area (TPSA) is 67.9 Å². The summed E-state index contributed by atoms with van der Waals surface area (Å²) in [6.07, 6.45) is -0.107. The number of benzene rings is 1. The van der Waals surface area contributed by atoms with Gasteiger partial charge in [0.1, 0.15) is 6.10 Å². The fourth-order valence-corrected chi connectivity index (χ4v) is 2.67. The number of nitrogens with one attached hydrogen (secondary N) is 1. The molecule has 1 saturated heterocycles. The van der Waals surface area contributed by atoms with Crippen molar-refractivity contribution in [2.45, 2.75) is 19.4 Å². The smallest absolute Gasteiger partial charge is 0.317 e. The molecule has 0 spiro atoms. The Morgan fingerprint density at radius 1 is 1.38 bits per heavy atom. The largest absolute Gasteiger partial charge is 0.466 e. The first-order chi connectivity index (χ1) is 11.5. The van der Waals surface area contributed by atoms with Gasteiger partial charge in [-0.3, -0.25) is 4.79 Å². The molecule has 0 saturated carbocycles. The van der Waals surface area contributed by atoms with Crippen LogP contribution in [0, 0.1) is 0 Å². The van der Waals surface area contributed by atoms with E-state index in [0.717, 1.165) is 5.56 Å². The Labute approximate surface area is 151 Å². The molecule has 0 aromatic heterocycles. The van der Waals surface area contributed by atoms with Crippen LogP contribution < -0.4 is 5.32 Å². The first-order valence-corrected chi connectivity index (χ1v) is 8.51. The van der Waals surface area contributed by atoms with Gasteiger partial charge in [-0.2, -0.15) is 0 Å². The van der Waals surface area contributed by atoms with Crippen LogP contribution in [0.4, 0.5) is 4.79 Å². The second-order valence-electron chi connectivity index (χ2n) is 5.27. The van der Waals surface area contributed by atoms with E-state index < -0.39 is 0 Å². The first kappa shape index (κ1) is 18.8. The van der Waals surface area contributed by atoms with Crippen molar-refractivity contribution in [1.29, 1.82) is 0 Å². The summed E-state index contributed by atoms with van der Waals surface area (Å²) < 4.78 is 10.5. The Bertz CT molecular complexity index is 597. The van der Waals surface area contributed by atoms with Gasteiger partial charge in [-0.1, -0.05) is 29.3 Å². The number of hydrogen-bond donors (Lipinski definition) is 1. The molecule has 2 amide bonds. The summed E-state index contributed by atoms with van der Waals surface area (Å²) in [6.45, 7) is 3.64. The maximum atomic E-state index is 12.2. The van der Waals surface area contributed by atoms with Crippen molar-refractivity contribution >= 4 is 35.2 Å². The zero-order chi connectivity index (χ0) is 17.5. The molecule has 0 radical (unpaired) electrons. The number of rotatable bonds is 5. The quantitative estimate of drug-likeness (QED) is 0.804. The lowest BCUT2D eigenvalue weighted by molar-refractivity contribution is -0.142. The molecule has 2 rings (SSSR count). The number of amides is 2. The van der Waals surface area contributed by atoms with E-state index in [0.29, 0.717) is 36.3 Å². The summed E-state index contributed by atoms with van der Waals surface area (Å²) in [5.74, 6) is -0.325. The zero-order valence-electron chi connectivity index (χ0n) is 13.4. The van der Waals surface area contributed by atoms with Crippen molar-refractivity contribution in [2.75, 3.05) is 32.8 Å². The van der Waals surface area contributed by atoms with Crippen LogP contribution in [0.5, 0.6) is 0 Å². The maximum absolute atomic E-state index is 12.2. The van der Waals surface area contributed by atoms with Crippen molar-refractivity contribution in [1.82, 2.24) is 10.2 Å². The second-order valence-corrected chi connectivity index (χ2v) is 6.08. The van der Waals surface area contributed by atoms with Crippen molar-refractivity contribution in [3.05, 3.63) is 33.8 Å². The third-order valence-corrected chi connectivity index (χ3v) is 4.32. The third kappa shape index (κ3) is 5.26. The van der Waals surface area contributed by atoms with Gasteiger partial charge in [-0.05, 0) is 24.6 Å². The van der Waals surface area contributed by atoms with E-state index in [4.69, 9.17) is 32.7 Å². The summed E-state index contributed by atoms with van der Waals surface area (Å²) in [5, 5.41) is 3.65. The van der Waals surface area contributed by atoms with E-state index >= 15 is 0 Å². The van der Waals surface area contributed by atoms with Crippen LogP contribution in [0.1, 0.15) is 25.0 Å². The number of morpholine rings is 1. The molecule has 1 atom stereocenters. The molecule has 1 aromatic rings. The average molecular weight is 375 g/mol. The Morgan fingerprint density at radius 3 is 2.88 bits per heavy atom. The SMILES string of the molecule is CCOC(=O)CCNC(=O)N1CCO[C@@H](c2ccc(Cl)c(Cl)c2)C1. The van der Waals surface area contributed by atoms with Crippen molar-refractivity contribution in [3.63, 3.8) is 0 Å². The lowest BCUT2D eigenvalue weighted by atomic mass is 10.1. The number of hydrogen-bond acceptors (Lipinski definition) is 4. The highest BCUT2D eigenvalue weighted by atomic mass is 35.5. The molecule has 1 aliphatic rings. The molecule has 1 N–H and O–H groups in total. The summed E-state index contributed by atoms with van der Waals surface area (Å²) in [7, 11) is 0. The molecule has 132 valence electrons. The molecule has 0 aliphatic carbocycles. The van der Waals surface area contributed by atoms with Gasteiger partial charge < -0.3 is 19.7 Å². The Kier molecular flexibility index (Phi) is 7.15. The van der Waals surface area contributed by atoms with Crippen LogP contribution in [-0.4, -0.2) is 49.7 Å². The Balaban J connectivity index is 1.86. The number of halogens is 2. The second kappa shape index (κ2) is 9.11. The minimum absolute atomic E-state index is 0.153. The highest BCUT2D eigenvalue weighted by molar-refractivity contribution is 6.42. The number of esters is 1. The van der Waals surface area contributed by atoms with E-state index in [1.165, 1.54) is 0 Å². The molecule has 1 fully saturated rings. The van der Waals surface area contributed by atoms with Crippen molar-refractivity contribution in [3.8, 4) is 0 Å². The van der Waals surface area contributed by atoms with E-state index in [-0.39, 0.29) is 31.1 Å². The molecule has 0 bridgehead atoms. The van der Waals surface area contributed by atoms with Gasteiger partial charge in [-0.25, -0.2) is 4.79 Å². The van der Waals surface area contributed by atoms with Crippen molar-refractivity contribution in [2.24, 2.45) is 0 Å². The van der Waals surface area contributed by atoms with Crippen LogP contribution >= 0.6 is 23.2 Å². The van der Waals surface area contributed by atoms with Gasteiger partial charge in [0.2, 0.25) is 0 Å². The highest BCUT2D eigenvalue weighted by Gasteiger charge is 2.25. The molecule has 24 heavy (non-hydrogen) atoms. The molecule has 1 aromatic carbocycles. The minimum atomic E-state index is -0.325. The fourth-order valence-electron chi connectivity index (χ4n) is 2.36. The van der Waals surface area contributed by atoms with Gasteiger partial charge in [0.05, 0.1) is 36.2 Å². The van der Waals surface area contributed by atoms with Crippen LogP contribution in [0.15, 0.2) is 18.2 Å². The van der Waals surface area contributed by atoms with Crippen LogP contribution in [0.25, 0.3) is 0 Å². The Morgan fingerprint density at radius 2 is 2.17 bits per heavy atom. The van der Waals surface area contributed by atoms with E-state index in [1.54, 1.807) is 24.0 Å². The summed E-state index contributed by atoms with van der Waals surface area (Å²) in [4.78, 5) is 25.1. The van der Waals surface area contributed by atoms with Gasteiger partial charge in [0.15, 0.2) is 0 Å². The van der Waals surface area contributed by atoms with Crippen molar-refractivity contribution < 1.29 is 19.1 Å². The minimum Gasteiger partial charge on any atom is -0.466 e. The molecule has 6 nitrogen and oxygen atoms in total. The lowest BCUT2D eigenvalue weighted by Gasteiger charge is -2.33. The standard InChI is InChI=1S/C16H20Cl2N2O4/c1-2-23-15(21)5-6-19-16(22)20-7-8-24-14(10-20)11-3-4-12(17)13(18)9-11/h3-4,9,14H,2,5-8,10H2,1H3,(H,19,22)/t14-/m1/s1. The highest BCUT2D eigenvalue weighted by Crippen LogP contribution is 2.29. The molecule has 1 aliphatic heterocycles. The summed E-state index contributed by atoms with van der Waals surface area (Å²) in [5.41, 5.74) is 0.869. The van der Waals surface area contributed by atoms with Gasteiger partial charge in [0, 0.05) is 13.1 Å². The van der Waals surface area contributed by atoms with Gasteiger partial charge in [-0.15, -0.1) is 0 Å². The molecular weight excluding hydrogens is 355 g/mol. The predicted octanol–water partition coefficient (Wildman–Crippen LogP) is 3.03. The van der Waals surface area contributed by atoms with Crippen LogP contribution in [0.3, 0.4) is 0 Å². The predicted molar refractivity (Wildman–Crippen MR) is 91.4 cm³/mol. The number of nitrogens with zero attached hydrogens (tertiary/aromatic N) is 1. The fraction of sp³-hybridized carbons (Fsp3) is 0.500. The average Bonchev–Trinajstić information content (AvgIpc) is 2.57. The molecule has 8 heteroatoms. The van der Waals surface area contributed by atoms with E-state index in [9.17, 15) is 9.59 Å². The zero-order valence-corrected chi connectivity index (χ0v) is 14.9. The van der Waals surface area contributed by atoms with E-state index in [1.807, 2.05) is 6.07 Å². The first-order valence-electron chi connectivity index (χ1n) is 7.76.